The van der Waals surface area contributed by atoms with E-state index >= 15 is 0 Å². The van der Waals surface area contributed by atoms with Crippen molar-refractivity contribution in [3.8, 4) is 27.9 Å². The van der Waals surface area contributed by atoms with E-state index in [0.29, 0.717) is 0 Å². The second kappa shape index (κ2) is 14.7. The van der Waals surface area contributed by atoms with Crippen molar-refractivity contribution in [1.29, 1.82) is 0 Å². The van der Waals surface area contributed by atoms with Gasteiger partial charge >= 0.3 is 0 Å². The SMILES string of the molecule is C1=CC(C2(c3ccccc3)c3ccccc3-c3ccc(N(c4ccc(-c5ccc(-n6c7ccccc7c7ccccc76)cc5)cc4)c4ccc5sc6ccccc6c5c4)cc32)=CCC1. The minimum atomic E-state index is -0.450. The van der Waals surface area contributed by atoms with Gasteiger partial charge in [0.05, 0.1) is 16.4 Å². The van der Waals surface area contributed by atoms with E-state index in [9.17, 15) is 0 Å². The number of fused-ring (bicyclic) bond motifs is 9. The highest BCUT2D eigenvalue weighted by molar-refractivity contribution is 7.25. The normalized spacial score (nSPS) is 15.5. The van der Waals surface area contributed by atoms with Crippen molar-refractivity contribution in [3.63, 3.8) is 0 Å². The Balaban J connectivity index is 0.960. The van der Waals surface area contributed by atoms with Crippen LogP contribution in [0.5, 0.6) is 0 Å². The van der Waals surface area contributed by atoms with E-state index in [1.807, 2.05) is 11.3 Å². The molecule has 2 aromatic heterocycles. The summed E-state index contributed by atoms with van der Waals surface area (Å²) < 4.78 is 4.99. The Labute approximate surface area is 376 Å². The van der Waals surface area contributed by atoms with E-state index in [1.54, 1.807) is 0 Å². The van der Waals surface area contributed by atoms with Gasteiger partial charge in [-0.05, 0) is 130 Å². The lowest BCUT2D eigenvalue weighted by Crippen LogP contribution is -2.29. The van der Waals surface area contributed by atoms with Gasteiger partial charge in [0.1, 0.15) is 0 Å². The van der Waals surface area contributed by atoms with Crippen molar-refractivity contribution in [3.05, 3.63) is 253 Å². The summed E-state index contributed by atoms with van der Waals surface area (Å²) in [6.45, 7) is 0. The summed E-state index contributed by atoms with van der Waals surface area (Å²) in [5.41, 5.74) is 16.8. The first-order valence-corrected chi connectivity index (χ1v) is 23.1. The quantitative estimate of drug-likeness (QED) is 0.155. The number of anilines is 3. The van der Waals surface area contributed by atoms with E-state index in [0.717, 1.165) is 35.6 Å². The zero-order chi connectivity index (χ0) is 42.2. The third-order valence-electron chi connectivity index (χ3n) is 13.7. The molecule has 1 unspecified atom stereocenters. The van der Waals surface area contributed by atoms with Crippen LogP contribution in [0.3, 0.4) is 0 Å². The van der Waals surface area contributed by atoms with E-state index in [1.165, 1.54) is 86.5 Å². The van der Waals surface area contributed by atoms with Crippen LogP contribution in [-0.2, 0) is 5.41 Å². The molecule has 0 aliphatic heterocycles. The van der Waals surface area contributed by atoms with Crippen molar-refractivity contribution in [2.45, 2.75) is 18.3 Å². The molecule has 0 radical (unpaired) electrons. The monoisotopic (exact) mass is 834 g/mol. The van der Waals surface area contributed by atoms with E-state index in [-0.39, 0.29) is 0 Å². The Hall–Kier alpha value is -7.72. The molecule has 0 bridgehead atoms. The highest BCUT2D eigenvalue weighted by atomic mass is 32.1. The van der Waals surface area contributed by atoms with Crippen LogP contribution >= 0.6 is 11.3 Å². The second-order valence-corrected chi connectivity index (χ2v) is 18.2. The summed E-state index contributed by atoms with van der Waals surface area (Å²) in [6, 6.07) is 78.8. The number of allylic oxidation sites excluding steroid dienone is 4. The van der Waals surface area contributed by atoms with Gasteiger partial charge in [-0.25, -0.2) is 0 Å². The van der Waals surface area contributed by atoms with E-state index in [4.69, 9.17) is 0 Å². The molecular formula is C61H42N2S. The maximum atomic E-state index is 2.49. The van der Waals surface area contributed by atoms with Gasteiger partial charge in [0, 0.05) is 53.7 Å². The topological polar surface area (TPSA) is 8.17 Å². The van der Waals surface area contributed by atoms with Crippen LogP contribution in [0.2, 0.25) is 0 Å². The molecule has 9 aromatic carbocycles. The highest BCUT2D eigenvalue weighted by Gasteiger charge is 2.47. The smallest absolute Gasteiger partial charge is 0.0711 e. The first kappa shape index (κ1) is 36.9. The molecule has 3 heteroatoms. The largest absolute Gasteiger partial charge is 0.310 e. The maximum Gasteiger partial charge on any atom is 0.0711 e. The fourth-order valence-corrected chi connectivity index (χ4v) is 12.0. The molecule has 2 heterocycles. The summed E-state index contributed by atoms with van der Waals surface area (Å²) in [5.74, 6) is 0. The predicted molar refractivity (Wildman–Crippen MR) is 272 cm³/mol. The van der Waals surface area contributed by atoms with Gasteiger partial charge in [-0.3, -0.25) is 0 Å². The van der Waals surface area contributed by atoms with E-state index < -0.39 is 5.41 Å². The number of hydrogen-bond donors (Lipinski definition) is 0. The van der Waals surface area contributed by atoms with Crippen LogP contribution < -0.4 is 4.90 Å². The number of benzene rings is 9. The number of thiophene rings is 1. The van der Waals surface area contributed by atoms with E-state index in [2.05, 4.69) is 240 Å². The van der Waals surface area contributed by atoms with Gasteiger partial charge < -0.3 is 9.47 Å². The van der Waals surface area contributed by atoms with Crippen LogP contribution in [0.4, 0.5) is 17.1 Å². The summed E-state index contributed by atoms with van der Waals surface area (Å²) in [7, 11) is 0. The average molecular weight is 835 g/mol. The lowest BCUT2D eigenvalue weighted by molar-refractivity contribution is 0.751. The van der Waals surface area contributed by atoms with Crippen molar-refractivity contribution in [1.82, 2.24) is 4.57 Å². The number of nitrogens with zero attached hydrogens (tertiary/aromatic N) is 2. The molecule has 13 rings (SSSR count). The van der Waals surface area contributed by atoms with Crippen LogP contribution in [0.25, 0.3) is 69.9 Å². The summed E-state index contributed by atoms with van der Waals surface area (Å²) in [5, 5.41) is 5.13. The molecule has 64 heavy (non-hydrogen) atoms. The molecule has 2 aliphatic rings. The zero-order valence-corrected chi connectivity index (χ0v) is 36.0. The standard InChI is InChI=1S/C61H42N2S/c1-3-15-43(16-4-1)61(44-17-5-2-6-18-44)55-23-11-7-19-49(55)50-37-35-48(40-56(50)61)62(47-36-38-60-54(39-47)53-22-10-14-26-59(53)64-60)45-31-27-41(28-32-45)42-29-33-46(34-30-42)63-57-24-12-8-20-51(57)52-21-9-13-25-58(52)63/h1,3-5,7-40H,2,6H2. The predicted octanol–water partition coefficient (Wildman–Crippen LogP) is 16.9. The van der Waals surface area contributed by atoms with Crippen LogP contribution in [0.1, 0.15) is 29.5 Å². The molecule has 0 fully saturated rings. The highest BCUT2D eigenvalue weighted by Crippen LogP contribution is 2.58. The third-order valence-corrected chi connectivity index (χ3v) is 14.9. The number of para-hydroxylation sites is 2. The minimum absolute atomic E-state index is 0.450. The summed E-state index contributed by atoms with van der Waals surface area (Å²) >= 11 is 1.86. The number of rotatable bonds is 7. The van der Waals surface area contributed by atoms with Crippen molar-refractivity contribution < 1.29 is 0 Å². The Morgan fingerprint density at radius 3 is 1.78 bits per heavy atom. The molecule has 2 nitrogen and oxygen atoms in total. The maximum absolute atomic E-state index is 2.49. The van der Waals surface area contributed by atoms with Gasteiger partial charge in [0.15, 0.2) is 0 Å². The zero-order valence-electron chi connectivity index (χ0n) is 35.2. The number of hydrogen-bond acceptors (Lipinski definition) is 2. The van der Waals surface area contributed by atoms with Gasteiger partial charge in [-0.1, -0.05) is 158 Å². The van der Waals surface area contributed by atoms with Gasteiger partial charge in [-0.2, -0.15) is 0 Å². The fourth-order valence-electron chi connectivity index (χ4n) is 10.9. The molecule has 0 saturated heterocycles. The molecule has 2 aliphatic carbocycles. The lowest BCUT2D eigenvalue weighted by atomic mass is 9.66. The molecule has 0 N–H and O–H groups in total. The van der Waals surface area contributed by atoms with Gasteiger partial charge in [0.25, 0.3) is 0 Å². The summed E-state index contributed by atoms with van der Waals surface area (Å²) in [4.78, 5) is 2.46. The molecule has 0 saturated carbocycles. The van der Waals surface area contributed by atoms with Crippen molar-refractivity contribution in [2.75, 3.05) is 4.90 Å². The average Bonchev–Trinajstić information content (AvgIpc) is 4.01. The Bertz CT molecular complexity index is 3610. The van der Waals surface area contributed by atoms with Gasteiger partial charge in [-0.15, -0.1) is 11.3 Å². The molecule has 302 valence electrons. The molecular weight excluding hydrogens is 793 g/mol. The molecule has 1 atom stereocenters. The third kappa shape index (κ3) is 5.57. The Kier molecular flexibility index (Phi) is 8.47. The number of aromatic nitrogens is 1. The Morgan fingerprint density at radius 1 is 0.438 bits per heavy atom. The van der Waals surface area contributed by atoms with Gasteiger partial charge in [0.2, 0.25) is 0 Å². The lowest BCUT2D eigenvalue weighted by Gasteiger charge is -2.36. The first-order chi connectivity index (χ1) is 31.7. The molecule has 11 aromatic rings. The van der Waals surface area contributed by atoms with Crippen molar-refractivity contribution >= 4 is 70.4 Å². The first-order valence-electron chi connectivity index (χ1n) is 22.3. The Morgan fingerprint density at radius 2 is 1.03 bits per heavy atom. The van der Waals surface area contributed by atoms with Crippen LogP contribution in [0, 0.1) is 0 Å². The van der Waals surface area contributed by atoms with Crippen LogP contribution in [0.15, 0.2) is 236 Å². The minimum Gasteiger partial charge on any atom is -0.310 e. The molecule has 0 spiro atoms. The van der Waals surface area contributed by atoms with Crippen molar-refractivity contribution in [2.24, 2.45) is 0 Å². The molecule has 0 amide bonds. The fraction of sp³-hybridized carbons (Fsp3) is 0.0492. The summed E-state index contributed by atoms with van der Waals surface area (Å²) in [6.07, 6.45) is 9.33. The second-order valence-electron chi connectivity index (χ2n) is 17.1. The van der Waals surface area contributed by atoms with Crippen LogP contribution in [-0.4, -0.2) is 4.57 Å².